The molecule has 0 aromatic carbocycles. The number of β-lactam (4-membered cyclic amide) rings is 1. The van der Waals surface area contributed by atoms with E-state index in [-0.39, 0.29) is 68.8 Å². The number of carboxylic acids is 1. The third-order valence-corrected chi connectivity index (χ3v) is 4.46. The second kappa shape index (κ2) is 9.94. The smallest absolute Gasteiger partial charge is 0.546 e. The van der Waals surface area contributed by atoms with Crippen molar-refractivity contribution in [3.63, 3.8) is 0 Å². The summed E-state index contributed by atoms with van der Waals surface area (Å²) in [6.45, 7) is 3.06. The van der Waals surface area contributed by atoms with Crippen molar-refractivity contribution in [2.75, 3.05) is 18.9 Å². The summed E-state index contributed by atoms with van der Waals surface area (Å²) in [5, 5.41) is 19.0. The van der Waals surface area contributed by atoms with E-state index in [4.69, 9.17) is 15.5 Å². The molecule has 0 saturated carbocycles. The maximum absolute atomic E-state index is 12.5. The van der Waals surface area contributed by atoms with E-state index >= 15 is 0 Å². The van der Waals surface area contributed by atoms with Crippen LogP contribution in [0.4, 0.5) is 5.13 Å². The number of carboxylic acid groups (broad SMARTS) is 1. The fraction of sp³-hybridized carbons (Fsp3) is 0.462. The summed E-state index contributed by atoms with van der Waals surface area (Å²) < 4.78 is 15.7. The number of nitrogens with one attached hydrogen (secondary N) is 1. The molecule has 0 bridgehead atoms. The number of hydrogen-bond donors (Lipinski definition) is 3. The Hall–Kier alpha value is -0.904. The number of hydrogen-bond acceptors (Lipinski definition) is 11. The summed E-state index contributed by atoms with van der Waals surface area (Å²) in [5.41, 5.74) is 3.28. The fourth-order valence-corrected chi connectivity index (χ4v) is 2.84. The van der Waals surface area contributed by atoms with Crippen LogP contribution in [0, 0.1) is 0 Å². The van der Waals surface area contributed by atoms with Crippen molar-refractivity contribution in [1.82, 2.24) is 15.4 Å². The van der Waals surface area contributed by atoms with Crippen LogP contribution in [0.1, 0.15) is 19.5 Å². The first-order chi connectivity index (χ1) is 12.8. The van der Waals surface area contributed by atoms with Gasteiger partial charge in [0.25, 0.3) is 11.8 Å². The maximum Gasteiger partial charge on any atom is 1.00 e. The minimum Gasteiger partial charge on any atom is -0.546 e. The Morgan fingerprint density at radius 1 is 1.55 bits per heavy atom. The Kier molecular flexibility index (Phi) is 8.95. The van der Waals surface area contributed by atoms with Crippen molar-refractivity contribution in [1.29, 1.82) is 0 Å². The Morgan fingerprint density at radius 2 is 2.17 bits per heavy atom. The number of rotatable bonds is 8. The predicted octanol–water partition coefficient (Wildman–Crippen LogP) is -4.95. The van der Waals surface area contributed by atoms with Gasteiger partial charge in [-0.1, -0.05) is 5.16 Å². The molecule has 0 aliphatic carbocycles. The average molecular weight is 473 g/mol. The van der Waals surface area contributed by atoms with Gasteiger partial charge in [-0.3, -0.25) is 14.2 Å². The molecule has 154 valence electrons. The zero-order chi connectivity index (χ0) is 21.3. The summed E-state index contributed by atoms with van der Waals surface area (Å²) in [6, 6.07) is -1.05. The van der Waals surface area contributed by atoms with Crippen molar-refractivity contribution in [2.24, 2.45) is 5.16 Å². The molecule has 4 N–H and O–H groups in total. The van der Waals surface area contributed by atoms with E-state index in [1.54, 1.807) is 0 Å². The van der Waals surface area contributed by atoms with Gasteiger partial charge in [0.15, 0.2) is 16.4 Å². The van der Waals surface area contributed by atoms with Gasteiger partial charge < -0.3 is 30.7 Å². The molecule has 16 heteroatoms. The molecule has 0 radical (unpaired) electrons. The van der Waals surface area contributed by atoms with E-state index in [0.29, 0.717) is 5.06 Å². The maximum atomic E-state index is 12.5. The minimum absolute atomic E-state index is 0. The zero-order valence-electron chi connectivity index (χ0n) is 15.9. The average Bonchev–Trinajstić information content (AvgIpc) is 2.98. The number of aromatic nitrogens is 1. The number of carbonyl (C=O) groups excluding carboxylic acids is 3. The molecule has 1 aromatic heterocycles. The van der Waals surface area contributed by atoms with Gasteiger partial charge in [-0.25, -0.2) is 10.0 Å². The molecular weight excluding hydrogens is 456 g/mol. The number of oxime groups is 1. The molecule has 2 atom stereocenters. The Morgan fingerprint density at radius 3 is 2.62 bits per heavy atom. The summed E-state index contributed by atoms with van der Waals surface area (Å²) in [5.74, 6) is -3.22. The molecule has 1 aliphatic heterocycles. The van der Waals surface area contributed by atoms with E-state index in [2.05, 4.69) is 20.1 Å². The van der Waals surface area contributed by atoms with Crippen LogP contribution in [0.5, 0.6) is 0 Å². The van der Waals surface area contributed by atoms with Crippen molar-refractivity contribution >= 4 is 47.6 Å². The van der Waals surface area contributed by atoms with Crippen molar-refractivity contribution in [2.45, 2.75) is 25.5 Å². The normalized spacial score (nSPS) is 18.9. The van der Waals surface area contributed by atoms with Crippen molar-refractivity contribution in [3.8, 4) is 0 Å². The van der Waals surface area contributed by atoms with Crippen LogP contribution in [0.3, 0.4) is 0 Å². The molecule has 0 spiro atoms. The van der Waals surface area contributed by atoms with Gasteiger partial charge in [-0.2, -0.15) is 4.62 Å². The number of thiazole rings is 1. The second-order valence-electron chi connectivity index (χ2n) is 6.21. The quantitative estimate of drug-likeness (QED) is 0.108. The van der Waals surface area contributed by atoms with Gasteiger partial charge in [-0.15, -0.1) is 11.3 Å². The Balaban J connectivity index is 0.00000420. The van der Waals surface area contributed by atoms with Gasteiger partial charge in [0.05, 0.1) is 12.5 Å². The molecule has 1 fully saturated rings. The third kappa shape index (κ3) is 7.08. The molecule has 13 nitrogen and oxygen atoms in total. The number of aliphatic carboxylic acids is 1. The van der Waals surface area contributed by atoms with Crippen molar-refractivity contribution in [3.05, 3.63) is 11.1 Å². The topological polar surface area (TPSA) is 197 Å². The Labute approximate surface area is 211 Å². The molecule has 1 unspecified atom stereocenters. The summed E-state index contributed by atoms with van der Waals surface area (Å²) in [4.78, 5) is 53.3. The van der Waals surface area contributed by atoms with Crippen LogP contribution in [0.25, 0.3) is 0 Å². The number of nitrogens with two attached hydrogens (primary N) is 1. The van der Waals surface area contributed by atoms with E-state index in [0.717, 1.165) is 18.0 Å². The molecule has 29 heavy (non-hydrogen) atoms. The standard InChI is InChI=1S/C13H18N5O8PS.K/c1-13(2,11(21)22)25-17-8(7-5-28-12(14)16-7)9(19)15-6-4-18(10(6)20)26-27(3,23)24;/h5-6H,4H2,1-3H3,(H2,14,16)(H,15,19)(H,21,22)(H,23,24);/q;+1/p-1/b17-8+;/t6-;/m0./s1. The first kappa shape index (κ1) is 26.1. The van der Waals surface area contributed by atoms with Crippen LogP contribution in [0.2, 0.25) is 0 Å². The largest absolute Gasteiger partial charge is 1.00 e. The van der Waals surface area contributed by atoms with Crippen LogP contribution >= 0.6 is 18.9 Å². The zero-order valence-corrected chi connectivity index (χ0v) is 20.8. The van der Waals surface area contributed by atoms with Gasteiger partial charge >= 0.3 is 59.0 Å². The van der Waals surface area contributed by atoms with E-state index in [9.17, 15) is 24.1 Å². The molecule has 2 rings (SSSR count). The molecule has 2 heterocycles. The van der Waals surface area contributed by atoms with Crippen LogP contribution < -0.4 is 67.5 Å². The first-order valence-electron chi connectivity index (χ1n) is 7.61. The summed E-state index contributed by atoms with van der Waals surface area (Å²) in [7, 11) is -3.92. The van der Waals surface area contributed by atoms with Crippen LogP contribution in [-0.4, -0.2) is 63.3 Å². The third-order valence-electron chi connectivity index (χ3n) is 3.28. The van der Waals surface area contributed by atoms with E-state index in [1.807, 2.05) is 0 Å². The van der Waals surface area contributed by atoms with Crippen LogP contribution in [-0.2, 0) is 28.4 Å². The number of anilines is 1. The SMILES string of the molecule is CC(C)(O/N=C(/C(=O)N[C@H]1CN(OP(C)(=O)O)C1=O)c1csc(N)n1)C(=O)[O-].[K+]. The van der Waals surface area contributed by atoms with Crippen molar-refractivity contribution < 1.29 is 89.8 Å². The molecule has 1 saturated heterocycles. The molecule has 1 aromatic rings. The van der Waals surface area contributed by atoms with Crippen LogP contribution in [0.15, 0.2) is 10.5 Å². The number of nitrogens with zero attached hydrogens (tertiary/aromatic N) is 3. The molecule has 2 amide bonds. The number of hydroxylamine groups is 2. The predicted molar refractivity (Wildman–Crippen MR) is 93.7 cm³/mol. The van der Waals surface area contributed by atoms with Gasteiger partial charge in [-0.05, 0) is 13.8 Å². The summed E-state index contributed by atoms with van der Waals surface area (Å²) >= 11 is 1.00. The fourth-order valence-electron chi connectivity index (χ4n) is 1.78. The number of carbonyl (C=O) groups is 3. The van der Waals surface area contributed by atoms with Gasteiger partial charge in [0.1, 0.15) is 11.7 Å². The molecule has 1 aliphatic rings. The Bertz CT molecular complexity index is 884. The monoisotopic (exact) mass is 473 g/mol. The van der Waals surface area contributed by atoms with Gasteiger partial charge in [0, 0.05) is 12.0 Å². The first-order valence-corrected chi connectivity index (χ1v) is 10.5. The van der Waals surface area contributed by atoms with E-state index < -0.39 is 42.7 Å². The minimum atomic E-state index is -3.92. The van der Waals surface area contributed by atoms with E-state index in [1.165, 1.54) is 19.2 Å². The summed E-state index contributed by atoms with van der Waals surface area (Å²) in [6.07, 6.45) is 0. The molecular formula is C13H17KN5O8PS. The second-order valence-corrected chi connectivity index (χ2v) is 8.87. The number of nitrogen functional groups attached to an aromatic ring is 1. The van der Waals surface area contributed by atoms with Gasteiger partial charge in [0.2, 0.25) is 0 Å². The number of amides is 2.